The van der Waals surface area contributed by atoms with Gasteiger partial charge >= 0.3 is 12.0 Å². The Bertz CT molecular complexity index is 537. The third-order valence-electron chi connectivity index (χ3n) is 3.26. The van der Waals surface area contributed by atoms with Gasteiger partial charge in [-0.3, -0.25) is 0 Å². The summed E-state index contributed by atoms with van der Waals surface area (Å²) in [5.74, 6) is -1.15. The second-order valence-electron chi connectivity index (χ2n) is 4.87. The van der Waals surface area contributed by atoms with Crippen molar-refractivity contribution >= 4 is 23.6 Å². The number of rotatable bonds is 3. The van der Waals surface area contributed by atoms with Crippen molar-refractivity contribution < 1.29 is 19.4 Å². The summed E-state index contributed by atoms with van der Waals surface area (Å²) in [6.45, 7) is 3.17. The van der Waals surface area contributed by atoms with Crippen molar-refractivity contribution in [3.63, 3.8) is 0 Å². The van der Waals surface area contributed by atoms with E-state index in [1.807, 2.05) is 6.92 Å². The van der Waals surface area contributed by atoms with Gasteiger partial charge in [-0.2, -0.15) is 0 Å². The van der Waals surface area contributed by atoms with E-state index in [1.54, 1.807) is 29.2 Å². The summed E-state index contributed by atoms with van der Waals surface area (Å²) in [5.41, 5.74) is 0.362. The summed E-state index contributed by atoms with van der Waals surface area (Å²) >= 11 is 6.01. The van der Waals surface area contributed by atoms with Crippen molar-refractivity contribution in [1.82, 2.24) is 10.2 Å². The molecule has 0 spiro atoms. The predicted molar refractivity (Wildman–Crippen MR) is 77.3 cm³/mol. The van der Waals surface area contributed by atoms with Crippen molar-refractivity contribution in [2.75, 3.05) is 19.7 Å². The molecule has 0 saturated carbocycles. The van der Waals surface area contributed by atoms with Crippen molar-refractivity contribution in [2.45, 2.75) is 19.1 Å². The Hall–Kier alpha value is -1.79. The number of halogens is 1. The lowest BCUT2D eigenvalue weighted by molar-refractivity contribution is -0.139. The molecule has 2 rings (SSSR count). The molecule has 2 N–H and O–H groups in total. The Kier molecular flexibility index (Phi) is 5.03. The number of amides is 2. The highest BCUT2D eigenvalue weighted by molar-refractivity contribution is 6.31. The molecule has 0 aromatic heterocycles. The van der Waals surface area contributed by atoms with Crippen LogP contribution < -0.4 is 5.32 Å². The van der Waals surface area contributed by atoms with Crippen LogP contribution in [0.4, 0.5) is 4.79 Å². The fourth-order valence-electron chi connectivity index (χ4n) is 2.20. The van der Waals surface area contributed by atoms with Gasteiger partial charge in [0.15, 0.2) is 6.04 Å². The van der Waals surface area contributed by atoms with Crippen LogP contribution in [-0.2, 0) is 9.53 Å². The number of aliphatic carboxylic acids is 1. The van der Waals surface area contributed by atoms with Gasteiger partial charge in [-0.15, -0.1) is 0 Å². The molecule has 1 saturated heterocycles. The number of benzene rings is 1. The zero-order chi connectivity index (χ0) is 15.4. The van der Waals surface area contributed by atoms with Gasteiger partial charge in [-0.05, 0) is 13.0 Å². The molecule has 2 atom stereocenters. The Morgan fingerprint density at radius 3 is 2.81 bits per heavy atom. The van der Waals surface area contributed by atoms with Crippen LogP contribution in [0.1, 0.15) is 18.5 Å². The number of ether oxygens (including phenoxy) is 1. The first-order chi connectivity index (χ1) is 9.99. The molecule has 1 aromatic carbocycles. The van der Waals surface area contributed by atoms with E-state index in [9.17, 15) is 14.7 Å². The lowest BCUT2D eigenvalue weighted by Crippen LogP contribution is -2.50. The first kappa shape index (κ1) is 15.6. The standard InChI is InChI=1S/C14H17ClN2O4/c1-9-8-17(6-7-21-9)14(20)16-12(13(18)19)10-4-2-3-5-11(10)15/h2-5,9,12H,6-8H2,1H3,(H,16,20)(H,18,19)/t9?,12-/m1/s1. The number of carbonyl (C=O) groups is 2. The molecule has 7 heteroatoms. The topological polar surface area (TPSA) is 78.9 Å². The Morgan fingerprint density at radius 2 is 2.19 bits per heavy atom. The van der Waals surface area contributed by atoms with E-state index in [1.165, 1.54) is 0 Å². The van der Waals surface area contributed by atoms with Crippen molar-refractivity contribution in [3.8, 4) is 0 Å². The molecule has 0 radical (unpaired) electrons. The Balaban J connectivity index is 2.12. The number of hydrogen-bond acceptors (Lipinski definition) is 3. The van der Waals surface area contributed by atoms with Crippen LogP contribution in [0.15, 0.2) is 24.3 Å². The lowest BCUT2D eigenvalue weighted by Gasteiger charge is -2.32. The zero-order valence-electron chi connectivity index (χ0n) is 11.6. The SMILES string of the molecule is CC1CN(C(=O)N[C@@H](C(=O)O)c2ccccc2Cl)CCO1. The quantitative estimate of drug-likeness (QED) is 0.893. The third-order valence-corrected chi connectivity index (χ3v) is 3.60. The van der Waals surface area contributed by atoms with Gasteiger partial charge < -0.3 is 20.1 Å². The number of carboxylic acid groups (broad SMARTS) is 1. The summed E-state index contributed by atoms with van der Waals surface area (Å²) in [6, 6.07) is 4.96. The molecule has 2 amide bonds. The molecule has 0 bridgehead atoms. The molecule has 1 aliphatic heterocycles. The van der Waals surface area contributed by atoms with Crippen molar-refractivity contribution in [2.24, 2.45) is 0 Å². The number of carbonyl (C=O) groups excluding carboxylic acids is 1. The van der Waals surface area contributed by atoms with Gasteiger partial charge in [-0.1, -0.05) is 29.8 Å². The van der Waals surface area contributed by atoms with Gasteiger partial charge in [-0.25, -0.2) is 9.59 Å². The molecular formula is C14H17ClN2O4. The number of nitrogens with zero attached hydrogens (tertiary/aromatic N) is 1. The minimum atomic E-state index is -1.18. The van der Waals surface area contributed by atoms with E-state index in [4.69, 9.17) is 16.3 Å². The molecule has 1 fully saturated rings. The maximum atomic E-state index is 12.2. The zero-order valence-corrected chi connectivity index (χ0v) is 12.3. The van der Waals surface area contributed by atoms with Gasteiger partial charge in [0.2, 0.25) is 0 Å². The second-order valence-corrected chi connectivity index (χ2v) is 5.28. The normalized spacial score (nSPS) is 19.9. The number of nitrogens with one attached hydrogen (secondary N) is 1. The largest absolute Gasteiger partial charge is 0.479 e. The van der Waals surface area contributed by atoms with Gasteiger partial charge in [0, 0.05) is 23.7 Å². The fourth-order valence-corrected chi connectivity index (χ4v) is 2.44. The lowest BCUT2D eigenvalue weighted by atomic mass is 10.1. The van der Waals surface area contributed by atoms with E-state index in [0.717, 1.165) is 0 Å². The minimum Gasteiger partial charge on any atom is -0.479 e. The highest BCUT2D eigenvalue weighted by Gasteiger charge is 2.28. The fraction of sp³-hybridized carbons (Fsp3) is 0.429. The van der Waals surface area contributed by atoms with E-state index >= 15 is 0 Å². The molecule has 21 heavy (non-hydrogen) atoms. The molecule has 1 unspecified atom stereocenters. The molecule has 1 aromatic rings. The highest BCUT2D eigenvalue weighted by atomic mass is 35.5. The van der Waals surface area contributed by atoms with Crippen molar-refractivity contribution in [1.29, 1.82) is 0 Å². The number of morpholine rings is 1. The molecule has 0 aliphatic carbocycles. The predicted octanol–water partition coefficient (Wildman–Crippen LogP) is 1.90. The van der Waals surface area contributed by atoms with Crippen LogP contribution in [0.5, 0.6) is 0 Å². The third kappa shape index (κ3) is 3.86. The summed E-state index contributed by atoms with van der Waals surface area (Å²) < 4.78 is 5.36. The van der Waals surface area contributed by atoms with E-state index < -0.39 is 18.0 Å². The van der Waals surface area contributed by atoms with E-state index in [0.29, 0.717) is 30.3 Å². The summed E-state index contributed by atoms with van der Waals surface area (Å²) in [5, 5.41) is 12.2. The summed E-state index contributed by atoms with van der Waals surface area (Å²) in [4.78, 5) is 25.2. The monoisotopic (exact) mass is 312 g/mol. The summed E-state index contributed by atoms with van der Waals surface area (Å²) in [6.07, 6.45) is -0.0620. The van der Waals surface area contributed by atoms with Crippen LogP contribution in [0.3, 0.4) is 0 Å². The molecule has 1 aliphatic rings. The first-order valence-corrected chi connectivity index (χ1v) is 7.01. The average molecular weight is 313 g/mol. The average Bonchev–Trinajstić information content (AvgIpc) is 2.45. The molecule has 1 heterocycles. The first-order valence-electron chi connectivity index (χ1n) is 6.63. The maximum Gasteiger partial charge on any atom is 0.331 e. The number of urea groups is 1. The number of carboxylic acids is 1. The smallest absolute Gasteiger partial charge is 0.331 e. The van der Waals surface area contributed by atoms with Crippen LogP contribution in [0, 0.1) is 0 Å². The van der Waals surface area contributed by atoms with Gasteiger partial charge in [0.05, 0.1) is 12.7 Å². The van der Waals surface area contributed by atoms with Crippen molar-refractivity contribution in [3.05, 3.63) is 34.9 Å². The molecular weight excluding hydrogens is 296 g/mol. The summed E-state index contributed by atoms with van der Waals surface area (Å²) in [7, 11) is 0. The van der Waals surface area contributed by atoms with Gasteiger partial charge in [0.25, 0.3) is 0 Å². The molecule has 6 nitrogen and oxygen atoms in total. The number of hydrogen-bond donors (Lipinski definition) is 2. The Morgan fingerprint density at radius 1 is 1.48 bits per heavy atom. The molecule has 114 valence electrons. The van der Waals surface area contributed by atoms with E-state index in [2.05, 4.69) is 5.32 Å². The van der Waals surface area contributed by atoms with Crippen LogP contribution in [0.2, 0.25) is 5.02 Å². The highest BCUT2D eigenvalue weighted by Crippen LogP contribution is 2.23. The van der Waals surface area contributed by atoms with Gasteiger partial charge in [0.1, 0.15) is 0 Å². The second kappa shape index (κ2) is 6.78. The van der Waals surface area contributed by atoms with Crippen LogP contribution >= 0.6 is 11.6 Å². The van der Waals surface area contributed by atoms with Crippen LogP contribution in [0.25, 0.3) is 0 Å². The Labute approximate surface area is 127 Å². The minimum absolute atomic E-state index is 0.0620. The van der Waals surface area contributed by atoms with E-state index in [-0.39, 0.29) is 6.10 Å². The van der Waals surface area contributed by atoms with Crippen LogP contribution in [-0.4, -0.2) is 47.8 Å². The maximum absolute atomic E-state index is 12.2.